The van der Waals surface area contributed by atoms with Crippen molar-refractivity contribution in [3.8, 4) is 5.75 Å². The number of rotatable bonds is 3. The first kappa shape index (κ1) is 26.7. The molecule has 2 fully saturated rings. The van der Waals surface area contributed by atoms with Crippen LogP contribution in [0.25, 0.3) is 0 Å². The number of nitrogens with zero attached hydrogens (tertiary/aromatic N) is 1. The van der Waals surface area contributed by atoms with Crippen LogP contribution in [0.15, 0.2) is 52.2 Å². The number of aromatic amines is 1. The number of esters is 2. The van der Waals surface area contributed by atoms with Crippen LogP contribution >= 0.6 is 7.75 Å². The van der Waals surface area contributed by atoms with Gasteiger partial charge in [0.05, 0.1) is 6.61 Å². The molecule has 0 unspecified atom stereocenters. The van der Waals surface area contributed by atoms with E-state index < -0.39 is 73.8 Å². The lowest BCUT2D eigenvalue weighted by molar-refractivity contribution is -0.177. The standard InChI is InChI=1S/C22H25FN3O10P/c1-12-18(28)33-13(2)19(29)35-17-15(11-32-37(31,25-12)36-14-7-5-4-6-8-14)34-20(22(17,3)23)26-10-9-16(27)24-21(26)30/h4-10,12-13,15,17,20H,11H2,1-3H3,(H,25,31)(H,24,27,30)/t12-,13-,15+,17+,20+,22+,37-/m0/s1. The van der Waals surface area contributed by atoms with Crippen molar-refractivity contribution in [1.29, 1.82) is 0 Å². The molecular formula is C22H25FN3O10P. The lowest BCUT2D eigenvalue weighted by atomic mass is 9.98. The summed E-state index contributed by atoms with van der Waals surface area (Å²) in [5.74, 6) is -1.91. The highest BCUT2D eigenvalue weighted by molar-refractivity contribution is 7.52. The van der Waals surface area contributed by atoms with Gasteiger partial charge in [-0.05, 0) is 32.9 Å². The molecule has 2 aromatic rings. The summed E-state index contributed by atoms with van der Waals surface area (Å²) in [4.78, 5) is 51.0. The van der Waals surface area contributed by atoms with Crippen molar-refractivity contribution in [3.63, 3.8) is 0 Å². The predicted molar refractivity (Wildman–Crippen MR) is 123 cm³/mol. The second-order valence-electron chi connectivity index (χ2n) is 8.68. The van der Waals surface area contributed by atoms with Gasteiger partial charge in [-0.3, -0.25) is 23.7 Å². The van der Waals surface area contributed by atoms with Crippen LogP contribution < -0.4 is 20.9 Å². The van der Waals surface area contributed by atoms with E-state index in [0.29, 0.717) is 0 Å². The van der Waals surface area contributed by atoms with E-state index in [2.05, 4.69) is 5.09 Å². The number of H-pyrrole nitrogens is 1. The molecule has 0 amide bonds. The maximum absolute atomic E-state index is 16.2. The number of ether oxygens (including phenoxy) is 3. The first-order valence-electron chi connectivity index (χ1n) is 11.2. The maximum Gasteiger partial charge on any atom is 0.459 e. The summed E-state index contributed by atoms with van der Waals surface area (Å²) in [5, 5.41) is 2.44. The smallest absolute Gasteiger partial charge is 0.453 e. The molecule has 0 spiro atoms. The summed E-state index contributed by atoms with van der Waals surface area (Å²) in [5.41, 5.74) is -4.23. The number of carbonyl (C=O) groups excluding carboxylic acids is 2. The Labute approximate surface area is 209 Å². The molecule has 3 heterocycles. The van der Waals surface area contributed by atoms with E-state index in [1.807, 2.05) is 4.98 Å². The first-order valence-corrected chi connectivity index (χ1v) is 12.8. The Morgan fingerprint density at radius 2 is 1.78 bits per heavy atom. The molecule has 2 saturated heterocycles. The molecule has 15 heteroatoms. The normalized spacial score (nSPS) is 34.9. The van der Waals surface area contributed by atoms with Gasteiger partial charge >= 0.3 is 25.4 Å². The van der Waals surface area contributed by atoms with Crippen LogP contribution in [0, 0.1) is 0 Å². The molecule has 37 heavy (non-hydrogen) atoms. The van der Waals surface area contributed by atoms with E-state index >= 15 is 4.39 Å². The number of benzene rings is 1. The fraction of sp³-hybridized carbons (Fsp3) is 0.455. The van der Waals surface area contributed by atoms with E-state index in [1.54, 1.807) is 18.2 Å². The largest absolute Gasteiger partial charge is 0.459 e. The summed E-state index contributed by atoms with van der Waals surface area (Å²) in [6.45, 7) is 2.93. The van der Waals surface area contributed by atoms with Crippen LogP contribution in [0.2, 0.25) is 0 Å². The van der Waals surface area contributed by atoms with E-state index in [0.717, 1.165) is 23.8 Å². The highest BCUT2D eigenvalue weighted by Crippen LogP contribution is 2.48. The number of carbonyl (C=O) groups is 2. The third kappa shape index (κ3) is 5.67. The zero-order valence-corrected chi connectivity index (χ0v) is 20.9. The first-order chi connectivity index (χ1) is 17.4. The quantitative estimate of drug-likeness (QED) is 0.424. The molecule has 2 aliphatic rings. The average molecular weight is 541 g/mol. The maximum atomic E-state index is 16.2. The van der Waals surface area contributed by atoms with Crippen LogP contribution in [0.5, 0.6) is 5.75 Å². The summed E-state index contributed by atoms with van der Waals surface area (Å²) in [6, 6.07) is 7.68. The van der Waals surface area contributed by atoms with E-state index in [-0.39, 0.29) is 5.75 Å². The van der Waals surface area contributed by atoms with Crippen LogP contribution in [-0.2, 0) is 32.9 Å². The van der Waals surface area contributed by atoms with Gasteiger partial charge in [0.15, 0.2) is 24.1 Å². The van der Waals surface area contributed by atoms with Crippen LogP contribution in [0.1, 0.15) is 27.0 Å². The molecule has 0 aliphatic carbocycles. The number of halogens is 1. The Hall–Kier alpha value is -3.32. The van der Waals surface area contributed by atoms with Gasteiger partial charge in [-0.1, -0.05) is 18.2 Å². The summed E-state index contributed by atoms with van der Waals surface area (Å²) >= 11 is 0. The highest BCUT2D eigenvalue weighted by atomic mass is 31.2. The van der Waals surface area contributed by atoms with E-state index in [9.17, 15) is 23.7 Å². The topological polar surface area (TPSA) is 164 Å². The number of hydrogen-bond donors (Lipinski definition) is 2. The van der Waals surface area contributed by atoms with Gasteiger partial charge in [-0.2, -0.15) is 5.09 Å². The summed E-state index contributed by atoms with van der Waals surface area (Å²) in [7, 11) is -4.32. The third-order valence-corrected chi connectivity index (χ3v) is 7.38. The van der Waals surface area contributed by atoms with E-state index in [1.165, 1.54) is 26.0 Å². The fourth-order valence-corrected chi connectivity index (χ4v) is 5.36. The Balaban J connectivity index is 1.70. The molecule has 0 bridgehead atoms. The zero-order valence-electron chi connectivity index (χ0n) is 20.0. The molecule has 2 aliphatic heterocycles. The van der Waals surface area contributed by atoms with Gasteiger partial charge in [0.2, 0.25) is 0 Å². The van der Waals surface area contributed by atoms with Gasteiger partial charge < -0.3 is 18.7 Å². The molecule has 200 valence electrons. The second kappa shape index (κ2) is 10.2. The third-order valence-electron chi connectivity index (χ3n) is 5.74. The Morgan fingerprint density at radius 1 is 1.08 bits per heavy atom. The number of aromatic nitrogens is 2. The van der Waals surface area contributed by atoms with Gasteiger partial charge in [0.1, 0.15) is 17.9 Å². The van der Waals surface area contributed by atoms with Crippen LogP contribution in [0.3, 0.4) is 0 Å². The molecule has 7 atom stereocenters. The average Bonchev–Trinajstić information content (AvgIpc) is 3.07. The monoisotopic (exact) mass is 541 g/mol. The molecule has 0 radical (unpaired) electrons. The number of para-hydroxylation sites is 1. The number of nitrogens with one attached hydrogen (secondary N) is 2. The van der Waals surface area contributed by atoms with Crippen molar-refractivity contribution in [2.75, 3.05) is 6.61 Å². The fourth-order valence-electron chi connectivity index (χ4n) is 3.86. The van der Waals surface area contributed by atoms with Crippen molar-refractivity contribution in [2.24, 2.45) is 0 Å². The molecule has 4 rings (SSSR count). The molecular weight excluding hydrogens is 516 g/mol. The van der Waals surface area contributed by atoms with Crippen molar-refractivity contribution in [2.45, 2.75) is 57.0 Å². The molecule has 1 aromatic carbocycles. The highest BCUT2D eigenvalue weighted by Gasteiger charge is 2.59. The van der Waals surface area contributed by atoms with Gasteiger partial charge in [0.25, 0.3) is 5.56 Å². The SMILES string of the molecule is C[C@@H]1N[P@@](=O)(Oc2ccccc2)OC[C@H]2O[C@@H](n3ccc(=O)[nH]c3=O)[C@](C)(F)[C@@H]2OC(=O)[C@H](C)OC1=O. The van der Waals surface area contributed by atoms with Crippen LogP contribution in [-0.4, -0.2) is 58.1 Å². The Kier molecular flexibility index (Phi) is 7.38. The number of hydrogen-bond acceptors (Lipinski definition) is 10. The molecule has 0 saturated carbocycles. The molecule has 1 aromatic heterocycles. The zero-order chi connectivity index (χ0) is 27.0. The lowest BCUT2D eigenvalue weighted by Crippen LogP contribution is -2.48. The second-order valence-corrected chi connectivity index (χ2v) is 10.4. The minimum absolute atomic E-state index is 0.141. The summed E-state index contributed by atoms with van der Waals surface area (Å²) < 4.78 is 57.7. The summed E-state index contributed by atoms with van der Waals surface area (Å²) in [6.07, 6.45) is -5.20. The van der Waals surface area contributed by atoms with Gasteiger partial charge in [0, 0.05) is 12.3 Å². The van der Waals surface area contributed by atoms with Crippen molar-refractivity contribution in [3.05, 3.63) is 63.4 Å². The van der Waals surface area contributed by atoms with Crippen LogP contribution in [0.4, 0.5) is 4.39 Å². The Morgan fingerprint density at radius 3 is 2.46 bits per heavy atom. The molecule has 2 N–H and O–H groups in total. The van der Waals surface area contributed by atoms with Crippen molar-refractivity contribution >= 4 is 19.7 Å². The Bertz CT molecular complexity index is 1330. The predicted octanol–water partition coefficient (Wildman–Crippen LogP) is 1.20. The minimum Gasteiger partial charge on any atom is -0.453 e. The van der Waals surface area contributed by atoms with Crippen molar-refractivity contribution < 1.29 is 41.8 Å². The molecule has 13 nitrogen and oxygen atoms in total. The number of cyclic esters (lactones) is 1. The lowest BCUT2D eigenvalue weighted by Gasteiger charge is -2.30. The van der Waals surface area contributed by atoms with Crippen molar-refractivity contribution in [1.82, 2.24) is 14.6 Å². The number of fused-ring (bicyclic) bond motifs is 1. The van der Waals surface area contributed by atoms with Gasteiger partial charge in [-0.25, -0.2) is 18.5 Å². The van der Waals surface area contributed by atoms with Gasteiger partial charge in [-0.15, -0.1) is 0 Å². The van der Waals surface area contributed by atoms with E-state index in [4.69, 9.17) is 23.3 Å². The minimum atomic E-state index is -4.32. The number of alkyl halides is 1.